The predicted molar refractivity (Wildman–Crippen MR) is 141 cm³/mol. The number of ether oxygens (including phenoxy) is 1. The van der Waals surface area contributed by atoms with Gasteiger partial charge in [-0.3, -0.25) is 4.79 Å². The van der Waals surface area contributed by atoms with Crippen LogP contribution in [-0.2, 0) is 4.79 Å². The molecule has 4 rings (SSSR count). The van der Waals surface area contributed by atoms with Crippen molar-refractivity contribution in [3.05, 3.63) is 88.1 Å². The van der Waals surface area contributed by atoms with Crippen molar-refractivity contribution < 1.29 is 13.9 Å². The van der Waals surface area contributed by atoms with Gasteiger partial charge in [-0.15, -0.1) is 0 Å². The van der Waals surface area contributed by atoms with Crippen molar-refractivity contribution in [3.8, 4) is 16.9 Å². The fourth-order valence-electron chi connectivity index (χ4n) is 4.19. The Morgan fingerprint density at radius 2 is 1.82 bits per heavy atom. The molecule has 1 aromatic heterocycles. The van der Waals surface area contributed by atoms with E-state index in [9.17, 15) is 4.79 Å². The van der Waals surface area contributed by atoms with Gasteiger partial charge in [0.15, 0.2) is 0 Å². The minimum Gasteiger partial charge on any atom is -0.493 e. The fourth-order valence-corrected chi connectivity index (χ4v) is 4.32. The summed E-state index contributed by atoms with van der Waals surface area (Å²) < 4.78 is 12.0. The zero-order valence-corrected chi connectivity index (χ0v) is 20.8. The molecule has 0 saturated heterocycles. The molecule has 1 N–H and O–H groups in total. The third-order valence-electron chi connectivity index (χ3n) is 5.90. The SMILES string of the molecule is CCOc1c(/C(C)=C/C(=O)Nc2ccc(C)cc2C)cc2c(-c3ccc(Cl)cc3)coc2c1C. The van der Waals surface area contributed by atoms with Crippen molar-refractivity contribution in [1.29, 1.82) is 0 Å². The summed E-state index contributed by atoms with van der Waals surface area (Å²) in [4.78, 5) is 12.9. The molecule has 0 radical (unpaired) electrons. The second kappa shape index (κ2) is 9.78. The van der Waals surface area contributed by atoms with Crippen LogP contribution in [0.3, 0.4) is 0 Å². The molecule has 5 heteroatoms. The molecule has 0 saturated carbocycles. The summed E-state index contributed by atoms with van der Waals surface area (Å²) in [6.45, 7) is 10.4. The highest BCUT2D eigenvalue weighted by molar-refractivity contribution is 6.30. The predicted octanol–water partition coefficient (Wildman–Crippen LogP) is 8.12. The number of allylic oxidation sites excluding steroid dienone is 1. The summed E-state index contributed by atoms with van der Waals surface area (Å²) in [6.07, 6.45) is 3.37. The first-order valence-electron chi connectivity index (χ1n) is 11.3. The molecule has 0 spiro atoms. The first-order valence-corrected chi connectivity index (χ1v) is 11.7. The summed E-state index contributed by atoms with van der Waals surface area (Å²) in [5, 5.41) is 4.63. The fraction of sp³-hybridized carbons (Fsp3) is 0.207. The lowest BCUT2D eigenvalue weighted by atomic mass is 9.96. The van der Waals surface area contributed by atoms with E-state index in [1.807, 2.05) is 83.1 Å². The largest absolute Gasteiger partial charge is 0.493 e. The zero-order chi connectivity index (χ0) is 24.4. The maximum absolute atomic E-state index is 12.9. The number of amides is 1. The monoisotopic (exact) mass is 473 g/mol. The van der Waals surface area contributed by atoms with Crippen LogP contribution in [0, 0.1) is 20.8 Å². The van der Waals surface area contributed by atoms with E-state index in [-0.39, 0.29) is 5.91 Å². The van der Waals surface area contributed by atoms with Gasteiger partial charge in [0, 0.05) is 38.9 Å². The van der Waals surface area contributed by atoms with Crippen molar-refractivity contribution in [2.24, 2.45) is 0 Å². The summed E-state index contributed by atoms with van der Waals surface area (Å²) in [5.74, 6) is 0.537. The number of rotatable bonds is 6. The van der Waals surface area contributed by atoms with Crippen LogP contribution in [0.15, 0.2) is 65.3 Å². The number of carbonyl (C=O) groups is 1. The van der Waals surface area contributed by atoms with Crippen LogP contribution in [0.1, 0.15) is 36.1 Å². The molecule has 1 amide bonds. The Labute approximate surface area is 205 Å². The highest BCUT2D eigenvalue weighted by Crippen LogP contribution is 2.41. The average molecular weight is 474 g/mol. The Morgan fingerprint density at radius 3 is 2.50 bits per heavy atom. The number of anilines is 1. The minimum atomic E-state index is -0.185. The third kappa shape index (κ3) is 4.73. The van der Waals surface area contributed by atoms with Crippen LogP contribution >= 0.6 is 11.6 Å². The lowest BCUT2D eigenvalue weighted by molar-refractivity contribution is -0.111. The number of furan rings is 1. The topological polar surface area (TPSA) is 51.5 Å². The molecule has 3 aromatic carbocycles. The Kier molecular flexibility index (Phi) is 6.80. The number of hydrogen-bond donors (Lipinski definition) is 1. The van der Waals surface area contributed by atoms with E-state index in [0.29, 0.717) is 11.6 Å². The minimum absolute atomic E-state index is 0.185. The van der Waals surface area contributed by atoms with Crippen LogP contribution in [0.4, 0.5) is 5.69 Å². The first kappa shape index (κ1) is 23.7. The number of hydrogen-bond acceptors (Lipinski definition) is 3. The van der Waals surface area contributed by atoms with Gasteiger partial charge in [0.25, 0.3) is 0 Å². The lowest BCUT2D eigenvalue weighted by Crippen LogP contribution is -2.10. The smallest absolute Gasteiger partial charge is 0.248 e. The van der Waals surface area contributed by atoms with Crippen LogP contribution in [0.2, 0.25) is 5.02 Å². The van der Waals surface area contributed by atoms with Crippen LogP contribution in [0.25, 0.3) is 27.7 Å². The van der Waals surface area contributed by atoms with Gasteiger partial charge >= 0.3 is 0 Å². The Morgan fingerprint density at radius 1 is 1.09 bits per heavy atom. The van der Waals surface area contributed by atoms with Gasteiger partial charge in [-0.2, -0.15) is 0 Å². The van der Waals surface area contributed by atoms with E-state index in [2.05, 4.69) is 5.32 Å². The lowest BCUT2D eigenvalue weighted by Gasteiger charge is -2.15. The number of fused-ring (bicyclic) bond motifs is 1. The molecule has 0 aliphatic rings. The number of nitrogens with one attached hydrogen (secondary N) is 1. The summed E-state index contributed by atoms with van der Waals surface area (Å²) in [7, 11) is 0. The van der Waals surface area contributed by atoms with Gasteiger partial charge in [0.05, 0.1) is 12.9 Å². The van der Waals surface area contributed by atoms with E-state index < -0.39 is 0 Å². The molecule has 34 heavy (non-hydrogen) atoms. The van der Waals surface area contributed by atoms with E-state index >= 15 is 0 Å². The second-order valence-corrected chi connectivity index (χ2v) is 8.92. The Bertz CT molecular complexity index is 1400. The summed E-state index contributed by atoms with van der Waals surface area (Å²) in [6, 6.07) is 15.7. The highest BCUT2D eigenvalue weighted by Gasteiger charge is 2.19. The highest BCUT2D eigenvalue weighted by atomic mass is 35.5. The quantitative estimate of drug-likeness (QED) is 0.287. The van der Waals surface area contributed by atoms with E-state index in [4.69, 9.17) is 20.8 Å². The van der Waals surface area contributed by atoms with Crippen LogP contribution in [0.5, 0.6) is 5.75 Å². The van der Waals surface area contributed by atoms with Crippen LogP contribution < -0.4 is 10.1 Å². The summed E-state index contributed by atoms with van der Waals surface area (Å²) >= 11 is 6.08. The molecular weight excluding hydrogens is 446 g/mol. The van der Waals surface area contributed by atoms with E-state index in [1.54, 1.807) is 12.3 Å². The Balaban J connectivity index is 1.77. The second-order valence-electron chi connectivity index (χ2n) is 8.48. The standard InChI is InChI=1S/C29H28ClNO3/c1-6-33-28-20(5)29-24(25(16-34-29)21-8-10-22(30)11-9-21)15-23(28)18(3)14-27(32)31-26-12-7-17(2)13-19(26)4/h7-16H,6H2,1-5H3,(H,31,32)/b18-14+. The maximum atomic E-state index is 12.9. The average Bonchev–Trinajstić information content (AvgIpc) is 3.22. The van der Waals surface area contributed by atoms with Gasteiger partial charge in [0.1, 0.15) is 11.3 Å². The molecule has 0 bridgehead atoms. The van der Waals surface area contributed by atoms with Gasteiger partial charge in [0.2, 0.25) is 5.91 Å². The van der Waals surface area contributed by atoms with Gasteiger partial charge in [-0.25, -0.2) is 0 Å². The molecule has 4 nitrogen and oxygen atoms in total. The van der Waals surface area contributed by atoms with Crippen molar-refractivity contribution in [1.82, 2.24) is 0 Å². The van der Waals surface area contributed by atoms with E-state index in [1.165, 1.54) is 0 Å². The molecule has 4 aromatic rings. The Hall–Kier alpha value is -3.50. The van der Waals surface area contributed by atoms with Crippen molar-refractivity contribution in [2.75, 3.05) is 11.9 Å². The summed E-state index contributed by atoms with van der Waals surface area (Å²) in [5.41, 5.74) is 8.29. The molecule has 174 valence electrons. The maximum Gasteiger partial charge on any atom is 0.248 e. The van der Waals surface area contributed by atoms with Crippen LogP contribution in [-0.4, -0.2) is 12.5 Å². The number of halogens is 1. The molecule has 0 aliphatic carbocycles. The van der Waals surface area contributed by atoms with Gasteiger partial charge in [-0.1, -0.05) is 41.4 Å². The molecule has 0 unspecified atom stereocenters. The van der Waals surface area contributed by atoms with Gasteiger partial charge < -0.3 is 14.5 Å². The van der Waals surface area contributed by atoms with Gasteiger partial charge in [-0.05, 0) is 75.6 Å². The first-order chi connectivity index (χ1) is 16.3. The molecule has 0 atom stereocenters. The number of carbonyl (C=O) groups excluding carboxylic acids is 1. The molecular formula is C29H28ClNO3. The zero-order valence-electron chi connectivity index (χ0n) is 20.1. The van der Waals surface area contributed by atoms with Crippen molar-refractivity contribution >= 4 is 39.7 Å². The van der Waals surface area contributed by atoms with Crippen molar-refractivity contribution in [2.45, 2.75) is 34.6 Å². The third-order valence-corrected chi connectivity index (χ3v) is 6.15. The van der Waals surface area contributed by atoms with Crippen molar-refractivity contribution in [3.63, 3.8) is 0 Å². The molecule has 0 aliphatic heterocycles. The number of benzene rings is 3. The normalized spacial score (nSPS) is 11.6. The number of aryl methyl sites for hydroxylation is 3. The molecule has 1 heterocycles. The van der Waals surface area contributed by atoms with E-state index in [0.717, 1.165) is 61.4 Å². The molecule has 0 fully saturated rings.